The Morgan fingerprint density at radius 1 is 1.31 bits per heavy atom. The third kappa shape index (κ3) is 2.43. The van der Waals surface area contributed by atoms with Gasteiger partial charge in [0.2, 0.25) is 0 Å². The number of thioether (sulfide) groups is 1. The molecule has 0 aliphatic rings. The summed E-state index contributed by atoms with van der Waals surface area (Å²) in [6.07, 6.45) is 3.68. The second-order valence-electron chi connectivity index (χ2n) is 3.28. The number of benzene rings is 1. The molecule has 0 unspecified atom stereocenters. The van der Waals surface area contributed by atoms with Gasteiger partial charge in [0.1, 0.15) is 6.33 Å². The van der Waals surface area contributed by atoms with Crippen LogP contribution in [-0.2, 0) is 6.54 Å². The van der Waals surface area contributed by atoms with Crippen molar-refractivity contribution < 1.29 is 5.11 Å². The van der Waals surface area contributed by atoms with Crippen LogP contribution in [0, 0.1) is 0 Å². The van der Waals surface area contributed by atoms with Crippen molar-refractivity contribution in [1.29, 1.82) is 0 Å². The van der Waals surface area contributed by atoms with Crippen LogP contribution in [0.3, 0.4) is 0 Å². The monoisotopic (exact) mass is 235 g/mol. The molecule has 0 radical (unpaired) electrons. The molecule has 0 amide bonds. The van der Waals surface area contributed by atoms with Gasteiger partial charge in [0.15, 0.2) is 5.82 Å². The van der Waals surface area contributed by atoms with E-state index in [9.17, 15) is 0 Å². The van der Waals surface area contributed by atoms with Crippen molar-refractivity contribution in [3.63, 3.8) is 0 Å². The molecule has 1 N–H and O–H groups in total. The molecule has 0 spiro atoms. The van der Waals surface area contributed by atoms with Crippen LogP contribution in [-0.4, -0.2) is 32.7 Å². The minimum Gasteiger partial charge on any atom is -0.394 e. The van der Waals surface area contributed by atoms with Gasteiger partial charge in [-0.3, -0.25) is 4.68 Å². The minimum absolute atomic E-state index is 0.0776. The number of aliphatic hydroxyl groups excluding tert-OH is 1. The van der Waals surface area contributed by atoms with E-state index in [4.69, 9.17) is 5.11 Å². The summed E-state index contributed by atoms with van der Waals surface area (Å²) in [5.74, 6) is 0.695. The van der Waals surface area contributed by atoms with E-state index < -0.39 is 0 Å². The maximum Gasteiger partial charge on any atom is 0.181 e. The smallest absolute Gasteiger partial charge is 0.181 e. The average molecular weight is 235 g/mol. The van der Waals surface area contributed by atoms with Crippen LogP contribution in [0.2, 0.25) is 0 Å². The van der Waals surface area contributed by atoms with E-state index in [1.807, 2.05) is 30.5 Å². The number of rotatable bonds is 4. The first-order chi connectivity index (χ1) is 7.83. The van der Waals surface area contributed by atoms with E-state index in [1.165, 1.54) is 4.90 Å². The fraction of sp³-hybridized carbons (Fsp3) is 0.273. The summed E-state index contributed by atoms with van der Waals surface area (Å²) in [6, 6.07) is 8.11. The Kier molecular flexibility index (Phi) is 3.58. The fourth-order valence-corrected chi connectivity index (χ4v) is 1.79. The third-order valence-electron chi connectivity index (χ3n) is 2.21. The fourth-order valence-electron chi connectivity index (χ4n) is 1.38. The van der Waals surface area contributed by atoms with Crippen LogP contribution in [0.5, 0.6) is 0 Å². The average Bonchev–Trinajstić information content (AvgIpc) is 2.78. The molecule has 2 aromatic rings. The summed E-state index contributed by atoms with van der Waals surface area (Å²) in [5, 5.41) is 13.0. The van der Waals surface area contributed by atoms with Crippen molar-refractivity contribution in [3.05, 3.63) is 30.6 Å². The van der Waals surface area contributed by atoms with Gasteiger partial charge in [-0.05, 0) is 18.4 Å². The highest BCUT2D eigenvalue weighted by molar-refractivity contribution is 7.98. The number of hydrogen-bond acceptors (Lipinski definition) is 4. The van der Waals surface area contributed by atoms with E-state index in [-0.39, 0.29) is 6.61 Å². The highest BCUT2D eigenvalue weighted by Gasteiger charge is 2.03. The Morgan fingerprint density at radius 2 is 2.06 bits per heavy atom. The molecule has 0 saturated carbocycles. The SMILES string of the molecule is CSc1ccc(-c2ncn(CCO)n2)cc1. The van der Waals surface area contributed by atoms with Crippen molar-refractivity contribution in [2.24, 2.45) is 0 Å². The molecular formula is C11H13N3OS. The maximum absolute atomic E-state index is 8.78. The number of aliphatic hydroxyl groups is 1. The maximum atomic E-state index is 8.78. The van der Waals surface area contributed by atoms with Gasteiger partial charge in [-0.2, -0.15) is 5.10 Å². The van der Waals surface area contributed by atoms with Gasteiger partial charge in [-0.15, -0.1) is 11.8 Å². The van der Waals surface area contributed by atoms with E-state index in [1.54, 1.807) is 22.8 Å². The lowest BCUT2D eigenvalue weighted by Gasteiger charge is -1.98. The molecule has 0 fully saturated rings. The molecule has 84 valence electrons. The van der Waals surface area contributed by atoms with Gasteiger partial charge in [0.05, 0.1) is 13.2 Å². The molecule has 16 heavy (non-hydrogen) atoms. The van der Waals surface area contributed by atoms with E-state index in [2.05, 4.69) is 10.1 Å². The number of aromatic nitrogens is 3. The molecular weight excluding hydrogens is 222 g/mol. The van der Waals surface area contributed by atoms with Crippen LogP contribution in [0.25, 0.3) is 11.4 Å². The lowest BCUT2D eigenvalue weighted by atomic mass is 10.2. The molecule has 1 heterocycles. The molecule has 2 rings (SSSR count). The molecule has 0 bridgehead atoms. The summed E-state index contributed by atoms with van der Waals surface area (Å²) in [6.45, 7) is 0.560. The van der Waals surface area contributed by atoms with Gasteiger partial charge >= 0.3 is 0 Å². The van der Waals surface area contributed by atoms with E-state index >= 15 is 0 Å². The quantitative estimate of drug-likeness (QED) is 0.819. The van der Waals surface area contributed by atoms with Crippen molar-refractivity contribution in [2.75, 3.05) is 12.9 Å². The van der Waals surface area contributed by atoms with Crippen molar-refractivity contribution in [1.82, 2.24) is 14.8 Å². The molecule has 5 heteroatoms. The molecule has 0 saturated heterocycles. The minimum atomic E-state index is 0.0776. The number of nitrogens with zero attached hydrogens (tertiary/aromatic N) is 3. The van der Waals surface area contributed by atoms with Gasteiger partial charge in [-0.25, -0.2) is 4.98 Å². The van der Waals surface area contributed by atoms with Gasteiger partial charge in [0.25, 0.3) is 0 Å². The largest absolute Gasteiger partial charge is 0.394 e. The van der Waals surface area contributed by atoms with Crippen LogP contribution >= 0.6 is 11.8 Å². The Bertz CT molecular complexity index is 453. The van der Waals surface area contributed by atoms with Gasteiger partial charge in [0, 0.05) is 10.5 Å². The molecule has 1 aromatic heterocycles. The molecule has 0 aliphatic heterocycles. The van der Waals surface area contributed by atoms with Gasteiger partial charge < -0.3 is 5.11 Å². The molecule has 0 aliphatic carbocycles. The first kappa shape index (κ1) is 11.2. The van der Waals surface area contributed by atoms with Crippen molar-refractivity contribution in [3.8, 4) is 11.4 Å². The Morgan fingerprint density at radius 3 is 2.69 bits per heavy atom. The zero-order chi connectivity index (χ0) is 11.4. The summed E-state index contributed by atoms with van der Waals surface area (Å²) in [7, 11) is 0. The lowest BCUT2D eigenvalue weighted by Crippen LogP contribution is -2.02. The summed E-state index contributed by atoms with van der Waals surface area (Å²) in [5.41, 5.74) is 0.995. The summed E-state index contributed by atoms with van der Waals surface area (Å²) in [4.78, 5) is 5.42. The van der Waals surface area contributed by atoms with Crippen LogP contribution in [0.1, 0.15) is 0 Å². The standard InChI is InChI=1S/C11H13N3OS/c1-16-10-4-2-9(3-5-10)11-12-8-14(13-11)6-7-15/h2-5,8,15H,6-7H2,1H3. The van der Waals surface area contributed by atoms with Crippen LogP contribution < -0.4 is 0 Å². The second-order valence-corrected chi connectivity index (χ2v) is 4.16. The first-order valence-electron chi connectivity index (χ1n) is 4.98. The second kappa shape index (κ2) is 5.14. The highest BCUT2D eigenvalue weighted by atomic mass is 32.2. The van der Waals surface area contributed by atoms with Crippen LogP contribution in [0.4, 0.5) is 0 Å². The normalized spacial score (nSPS) is 10.6. The van der Waals surface area contributed by atoms with Crippen molar-refractivity contribution >= 4 is 11.8 Å². The molecule has 4 nitrogen and oxygen atoms in total. The Balaban J connectivity index is 2.21. The molecule has 0 atom stereocenters. The van der Waals surface area contributed by atoms with Crippen molar-refractivity contribution in [2.45, 2.75) is 11.4 Å². The highest BCUT2D eigenvalue weighted by Crippen LogP contribution is 2.19. The predicted molar refractivity (Wildman–Crippen MR) is 64.3 cm³/mol. The van der Waals surface area contributed by atoms with E-state index in [0.29, 0.717) is 12.4 Å². The molecule has 1 aromatic carbocycles. The summed E-state index contributed by atoms with van der Waals surface area (Å²) >= 11 is 1.71. The van der Waals surface area contributed by atoms with Gasteiger partial charge in [-0.1, -0.05) is 12.1 Å². The third-order valence-corrected chi connectivity index (χ3v) is 2.96. The van der Waals surface area contributed by atoms with Crippen LogP contribution in [0.15, 0.2) is 35.5 Å². The Hall–Kier alpha value is -1.33. The number of hydrogen-bond donors (Lipinski definition) is 1. The summed E-state index contributed by atoms with van der Waals surface area (Å²) < 4.78 is 1.64. The lowest BCUT2D eigenvalue weighted by molar-refractivity contribution is 0.269. The zero-order valence-electron chi connectivity index (χ0n) is 9.00. The topological polar surface area (TPSA) is 50.9 Å². The van der Waals surface area contributed by atoms with E-state index in [0.717, 1.165) is 5.56 Å². The first-order valence-corrected chi connectivity index (χ1v) is 6.20. The zero-order valence-corrected chi connectivity index (χ0v) is 9.81. The predicted octanol–water partition coefficient (Wildman–Crippen LogP) is 1.66. The Labute approximate surface area is 98.3 Å².